The number of fused-ring (bicyclic) bond motifs is 1. The third-order valence-electron chi connectivity index (χ3n) is 4.41. The van der Waals surface area contributed by atoms with Crippen molar-refractivity contribution in [2.24, 2.45) is 7.05 Å². The van der Waals surface area contributed by atoms with Crippen LogP contribution in [0, 0.1) is 13.8 Å². The normalized spacial score (nSPS) is 11.8. The maximum Gasteiger partial charge on any atom is 0.265 e. The summed E-state index contributed by atoms with van der Waals surface area (Å²) in [5.74, 6) is 0. The third kappa shape index (κ3) is 3.11. The summed E-state index contributed by atoms with van der Waals surface area (Å²) in [5, 5.41) is 4.99. The summed E-state index contributed by atoms with van der Waals surface area (Å²) in [6.45, 7) is 3.44. The number of rotatable bonds is 4. The van der Waals surface area contributed by atoms with Gasteiger partial charge in [0.25, 0.3) is 10.0 Å². The van der Waals surface area contributed by atoms with Crippen LogP contribution < -0.4 is 4.72 Å². The Morgan fingerprint density at radius 3 is 2.44 bits per heavy atom. The fourth-order valence-corrected chi connectivity index (χ4v) is 5.61. The zero-order valence-corrected chi connectivity index (χ0v) is 16.7. The molecule has 0 saturated carbocycles. The summed E-state index contributed by atoms with van der Waals surface area (Å²) in [6, 6.07) is 15.2. The molecule has 6 nitrogen and oxygen atoms in total. The number of para-hydroxylation sites is 2. The van der Waals surface area contributed by atoms with Crippen LogP contribution in [0.3, 0.4) is 0 Å². The zero-order chi connectivity index (χ0) is 19.2. The first-order chi connectivity index (χ1) is 12.9. The van der Waals surface area contributed by atoms with Crippen LogP contribution in [0.2, 0.25) is 0 Å². The van der Waals surface area contributed by atoms with Crippen molar-refractivity contribution in [2.45, 2.75) is 18.7 Å². The van der Waals surface area contributed by atoms with Crippen molar-refractivity contribution in [1.82, 2.24) is 14.8 Å². The first-order valence-corrected chi connectivity index (χ1v) is 10.6. The minimum absolute atomic E-state index is 0.212. The Bertz CT molecular complexity index is 1220. The van der Waals surface area contributed by atoms with E-state index in [1.807, 2.05) is 36.4 Å². The molecule has 0 radical (unpaired) electrons. The Kier molecular flexibility index (Phi) is 4.24. The fraction of sp³-hybridized carbons (Fsp3) is 0.158. The highest BCUT2D eigenvalue weighted by atomic mass is 32.2. The highest BCUT2D eigenvalue weighted by molar-refractivity contribution is 7.92. The Balaban J connectivity index is 1.79. The molecule has 0 aliphatic carbocycles. The van der Waals surface area contributed by atoms with Crippen molar-refractivity contribution in [3.63, 3.8) is 0 Å². The quantitative estimate of drug-likeness (QED) is 0.561. The minimum Gasteiger partial charge on any atom is -0.279 e. The van der Waals surface area contributed by atoms with Gasteiger partial charge in [0.1, 0.15) is 9.90 Å². The summed E-state index contributed by atoms with van der Waals surface area (Å²) in [5.41, 5.74) is 3.22. The number of hydrogen-bond acceptors (Lipinski definition) is 5. The number of thiazole rings is 1. The molecule has 138 valence electrons. The molecule has 0 saturated heterocycles. The molecule has 1 N–H and O–H groups in total. The van der Waals surface area contributed by atoms with E-state index in [1.54, 1.807) is 37.7 Å². The lowest BCUT2D eigenvalue weighted by molar-refractivity contribution is 0.599. The lowest BCUT2D eigenvalue weighted by Gasteiger charge is -2.11. The molecule has 0 spiro atoms. The van der Waals surface area contributed by atoms with Gasteiger partial charge in [0, 0.05) is 12.6 Å². The Hall–Kier alpha value is -2.71. The molecular formula is C19H18N4O2S2. The summed E-state index contributed by atoms with van der Waals surface area (Å²) in [4.78, 5) is 4.86. The summed E-state index contributed by atoms with van der Waals surface area (Å²) in [6.07, 6.45) is 0. The van der Waals surface area contributed by atoms with Crippen molar-refractivity contribution in [2.75, 3.05) is 4.72 Å². The average molecular weight is 399 g/mol. The molecule has 4 aromatic rings. The lowest BCUT2D eigenvalue weighted by Crippen LogP contribution is -2.15. The van der Waals surface area contributed by atoms with Crippen LogP contribution in [0.15, 0.2) is 53.4 Å². The van der Waals surface area contributed by atoms with E-state index >= 15 is 0 Å². The smallest absolute Gasteiger partial charge is 0.265 e. The lowest BCUT2D eigenvalue weighted by atomic mass is 10.2. The van der Waals surface area contributed by atoms with E-state index in [4.69, 9.17) is 0 Å². The van der Waals surface area contributed by atoms with E-state index in [1.165, 1.54) is 11.3 Å². The van der Waals surface area contributed by atoms with Gasteiger partial charge < -0.3 is 0 Å². The van der Waals surface area contributed by atoms with E-state index in [-0.39, 0.29) is 4.90 Å². The molecule has 0 amide bonds. The highest BCUT2D eigenvalue weighted by Crippen LogP contribution is 2.35. The van der Waals surface area contributed by atoms with E-state index in [9.17, 15) is 8.42 Å². The maximum atomic E-state index is 13.0. The van der Waals surface area contributed by atoms with Gasteiger partial charge in [-0.25, -0.2) is 13.4 Å². The van der Waals surface area contributed by atoms with Gasteiger partial charge in [-0.15, -0.1) is 11.3 Å². The third-order valence-corrected chi connectivity index (χ3v) is 7.09. The Morgan fingerprint density at radius 1 is 1.04 bits per heavy atom. The minimum atomic E-state index is -3.77. The monoisotopic (exact) mass is 398 g/mol. The molecule has 0 aliphatic heterocycles. The van der Waals surface area contributed by atoms with Crippen molar-refractivity contribution in [3.05, 3.63) is 59.9 Å². The standard InChI is InChI=1S/C19H18N4O2S2/c1-12-18(13(2)23(3)21-12)27(24,25)22-15-9-5-4-8-14(15)19-20-16-10-6-7-11-17(16)26-19/h4-11,22H,1-3H3. The molecule has 27 heavy (non-hydrogen) atoms. The van der Waals surface area contributed by atoms with Gasteiger partial charge in [-0.2, -0.15) is 5.10 Å². The predicted molar refractivity (Wildman–Crippen MR) is 109 cm³/mol. The van der Waals surface area contributed by atoms with E-state index in [0.717, 1.165) is 20.8 Å². The molecule has 8 heteroatoms. The number of nitrogens with one attached hydrogen (secondary N) is 1. The number of benzene rings is 2. The summed E-state index contributed by atoms with van der Waals surface area (Å²) < 4.78 is 31.4. The highest BCUT2D eigenvalue weighted by Gasteiger charge is 2.25. The van der Waals surface area contributed by atoms with E-state index in [0.29, 0.717) is 17.1 Å². The first kappa shape index (κ1) is 17.7. The topological polar surface area (TPSA) is 76.9 Å². The molecule has 0 aliphatic rings. The molecule has 0 fully saturated rings. The average Bonchev–Trinajstić information content (AvgIpc) is 3.16. The van der Waals surface area contributed by atoms with Gasteiger partial charge in [0.2, 0.25) is 0 Å². The zero-order valence-electron chi connectivity index (χ0n) is 15.1. The number of nitrogens with zero attached hydrogens (tertiary/aromatic N) is 3. The van der Waals surface area contributed by atoms with E-state index in [2.05, 4.69) is 14.8 Å². The predicted octanol–water partition coefficient (Wildman–Crippen LogP) is 4.11. The molecule has 0 unspecified atom stereocenters. The van der Waals surface area contributed by atoms with Crippen molar-refractivity contribution in [1.29, 1.82) is 0 Å². The van der Waals surface area contributed by atoms with Crippen molar-refractivity contribution in [3.8, 4) is 10.6 Å². The van der Waals surface area contributed by atoms with Gasteiger partial charge in [0.05, 0.1) is 27.3 Å². The molecule has 2 aromatic heterocycles. The van der Waals surface area contributed by atoms with Gasteiger partial charge in [-0.1, -0.05) is 24.3 Å². The van der Waals surface area contributed by atoms with E-state index < -0.39 is 10.0 Å². The largest absolute Gasteiger partial charge is 0.279 e. The second kappa shape index (κ2) is 6.47. The second-order valence-corrected chi connectivity index (χ2v) is 8.91. The van der Waals surface area contributed by atoms with Crippen LogP contribution in [0.25, 0.3) is 20.8 Å². The number of aromatic nitrogens is 3. The number of sulfonamides is 1. The van der Waals surface area contributed by atoms with Crippen LogP contribution in [0.1, 0.15) is 11.4 Å². The first-order valence-electron chi connectivity index (χ1n) is 8.35. The van der Waals surface area contributed by atoms with Crippen LogP contribution >= 0.6 is 11.3 Å². The van der Waals surface area contributed by atoms with Crippen LogP contribution in [0.4, 0.5) is 5.69 Å². The fourth-order valence-electron chi connectivity index (χ4n) is 3.08. The molecule has 0 bridgehead atoms. The van der Waals surface area contributed by atoms with Crippen LogP contribution in [-0.4, -0.2) is 23.2 Å². The number of aryl methyl sites for hydroxylation is 2. The van der Waals surface area contributed by atoms with Gasteiger partial charge in [-0.05, 0) is 38.1 Å². The Morgan fingerprint density at radius 2 is 1.74 bits per heavy atom. The molecular weight excluding hydrogens is 380 g/mol. The van der Waals surface area contributed by atoms with Crippen LogP contribution in [0.5, 0.6) is 0 Å². The molecule has 0 atom stereocenters. The molecule has 4 rings (SSSR count). The van der Waals surface area contributed by atoms with Crippen molar-refractivity contribution >= 4 is 37.3 Å². The summed E-state index contributed by atoms with van der Waals surface area (Å²) >= 11 is 1.53. The van der Waals surface area contributed by atoms with Gasteiger partial charge in [-0.3, -0.25) is 9.40 Å². The second-order valence-electron chi connectivity index (χ2n) is 6.26. The number of anilines is 1. The SMILES string of the molecule is Cc1nn(C)c(C)c1S(=O)(=O)Nc1ccccc1-c1nc2ccccc2s1. The Labute approximate surface area is 161 Å². The van der Waals surface area contributed by atoms with Crippen molar-refractivity contribution < 1.29 is 8.42 Å². The molecule has 2 aromatic carbocycles. The number of hydrogen-bond donors (Lipinski definition) is 1. The maximum absolute atomic E-state index is 13.0. The molecule has 2 heterocycles. The van der Waals surface area contributed by atoms with Gasteiger partial charge in [0.15, 0.2) is 0 Å². The summed E-state index contributed by atoms with van der Waals surface area (Å²) in [7, 11) is -2.04. The van der Waals surface area contributed by atoms with Crippen LogP contribution in [-0.2, 0) is 17.1 Å². The van der Waals surface area contributed by atoms with Gasteiger partial charge >= 0.3 is 0 Å².